The number of benzene rings is 1. The van der Waals surface area contributed by atoms with E-state index < -0.39 is 0 Å². The van der Waals surface area contributed by atoms with E-state index in [0.717, 1.165) is 22.8 Å². The highest BCUT2D eigenvalue weighted by Gasteiger charge is 2.06. The van der Waals surface area contributed by atoms with E-state index in [-0.39, 0.29) is 6.10 Å². The second kappa shape index (κ2) is 5.87. The molecule has 2 heterocycles. The molecule has 0 unspecified atom stereocenters. The van der Waals surface area contributed by atoms with Gasteiger partial charge in [-0.25, -0.2) is 4.98 Å². The summed E-state index contributed by atoms with van der Waals surface area (Å²) in [5.74, 6) is 0.872. The Bertz CT molecular complexity index is 700. The second-order valence-corrected chi connectivity index (χ2v) is 5.21. The van der Waals surface area contributed by atoms with Gasteiger partial charge >= 0.3 is 0 Å². The molecule has 0 spiro atoms. The quantitative estimate of drug-likeness (QED) is 0.774. The van der Waals surface area contributed by atoms with Crippen LogP contribution >= 0.6 is 0 Å². The molecule has 21 heavy (non-hydrogen) atoms. The van der Waals surface area contributed by atoms with Crippen molar-refractivity contribution in [3.8, 4) is 5.75 Å². The number of nitrogens with one attached hydrogen (secondary N) is 1. The van der Waals surface area contributed by atoms with Gasteiger partial charge in [-0.1, -0.05) is 18.2 Å². The van der Waals surface area contributed by atoms with Gasteiger partial charge in [0, 0.05) is 12.4 Å². The van der Waals surface area contributed by atoms with Gasteiger partial charge in [0.1, 0.15) is 11.4 Å². The van der Waals surface area contributed by atoms with Crippen molar-refractivity contribution in [3.63, 3.8) is 0 Å². The van der Waals surface area contributed by atoms with Crippen molar-refractivity contribution in [1.82, 2.24) is 9.38 Å². The maximum Gasteiger partial charge on any atom is 0.142 e. The molecule has 1 aromatic carbocycles. The van der Waals surface area contributed by atoms with E-state index in [4.69, 9.17) is 4.74 Å². The number of fused-ring (bicyclic) bond motifs is 1. The van der Waals surface area contributed by atoms with Crippen LogP contribution in [0.3, 0.4) is 0 Å². The summed E-state index contributed by atoms with van der Waals surface area (Å²) >= 11 is 0. The fourth-order valence-electron chi connectivity index (χ4n) is 2.23. The topological polar surface area (TPSA) is 38.6 Å². The van der Waals surface area contributed by atoms with Crippen molar-refractivity contribution >= 4 is 11.3 Å². The highest BCUT2D eigenvalue weighted by molar-refractivity contribution is 5.56. The van der Waals surface area contributed by atoms with Crippen LogP contribution in [0.4, 0.5) is 5.69 Å². The average Bonchev–Trinajstić information content (AvgIpc) is 2.88. The van der Waals surface area contributed by atoms with E-state index in [9.17, 15) is 0 Å². The Balaban J connectivity index is 1.75. The highest BCUT2D eigenvalue weighted by Crippen LogP contribution is 2.25. The number of hydrogen-bond acceptors (Lipinski definition) is 3. The highest BCUT2D eigenvalue weighted by atomic mass is 16.5. The van der Waals surface area contributed by atoms with Crippen molar-refractivity contribution in [2.45, 2.75) is 26.5 Å². The van der Waals surface area contributed by atoms with E-state index in [2.05, 4.69) is 10.3 Å². The number of aromatic nitrogens is 2. The molecule has 3 aromatic rings. The number of hydrogen-bond donors (Lipinski definition) is 1. The molecule has 1 N–H and O–H groups in total. The summed E-state index contributed by atoms with van der Waals surface area (Å²) in [5.41, 5.74) is 2.95. The Morgan fingerprint density at radius 1 is 1.14 bits per heavy atom. The summed E-state index contributed by atoms with van der Waals surface area (Å²) in [6, 6.07) is 14.0. The largest absolute Gasteiger partial charge is 0.489 e. The van der Waals surface area contributed by atoms with Gasteiger partial charge in [-0.15, -0.1) is 0 Å². The molecule has 108 valence electrons. The van der Waals surface area contributed by atoms with Crippen LogP contribution in [0, 0.1) is 0 Å². The molecule has 0 bridgehead atoms. The molecule has 4 heteroatoms. The Morgan fingerprint density at radius 3 is 2.76 bits per heavy atom. The van der Waals surface area contributed by atoms with Crippen molar-refractivity contribution in [2.75, 3.05) is 5.32 Å². The lowest BCUT2D eigenvalue weighted by molar-refractivity contribution is 0.243. The van der Waals surface area contributed by atoms with Gasteiger partial charge in [-0.3, -0.25) is 0 Å². The van der Waals surface area contributed by atoms with Gasteiger partial charge in [0.2, 0.25) is 0 Å². The predicted octanol–water partition coefficient (Wildman–Crippen LogP) is 3.73. The van der Waals surface area contributed by atoms with Crippen LogP contribution in [0.25, 0.3) is 5.65 Å². The fraction of sp³-hybridized carbons (Fsp3) is 0.235. The third-order valence-electron chi connectivity index (χ3n) is 3.12. The molecule has 0 aliphatic carbocycles. The molecule has 2 aromatic heterocycles. The molecule has 0 aliphatic rings. The number of rotatable bonds is 5. The minimum Gasteiger partial charge on any atom is -0.489 e. The summed E-state index contributed by atoms with van der Waals surface area (Å²) in [6.45, 7) is 4.72. The molecule has 0 saturated carbocycles. The van der Waals surface area contributed by atoms with Crippen LogP contribution in [-0.2, 0) is 6.54 Å². The van der Waals surface area contributed by atoms with Crippen LogP contribution in [0.1, 0.15) is 19.5 Å². The number of ether oxygens (including phenoxy) is 1. The summed E-state index contributed by atoms with van der Waals surface area (Å²) in [7, 11) is 0. The molecule has 0 saturated heterocycles. The molecule has 3 rings (SSSR count). The minimum atomic E-state index is 0.156. The van der Waals surface area contributed by atoms with E-state index in [1.807, 2.05) is 73.1 Å². The second-order valence-electron chi connectivity index (χ2n) is 5.21. The normalized spacial score (nSPS) is 11.0. The average molecular weight is 281 g/mol. The lowest BCUT2D eigenvalue weighted by atomic mass is 10.3. The van der Waals surface area contributed by atoms with Gasteiger partial charge in [-0.05, 0) is 38.1 Å². The van der Waals surface area contributed by atoms with Gasteiger partial charge in [-0.2, -0.15) is 0 Å². The Hall–Kier alpha value is -2.49. The monoisotopic (exact) mass is 281 g/mol. The molecule has 0 amide bonds. The van der Waals surface area contributed by atoms with E-state index in [1.54, 1.807) is 0 Å². The summed E-state index contributed by atoms with van der Waals surface area (Å²) < 4.78 is 7.83. The minimum absolute atomic E-state index is 0.156. The molecular weight excluding hydrogens is 262 g/mol. The first-order valence-corrected chi connectivity index (χ1v) is 7.14. The number of imidazole rings is 1. The van der Waals surface area contributed by atoms with E-state index in [0.29, 0.717) is 6.54 Å². The Morgan fingerprint density at radius 2 is 1.95 bits per heavy atom. The molecular formula is C17H19N3O. The smallest absolute Gasteiger partial charge is 0.142 e. The van der Waals surface area contributed by atoms with Gasteiger partial charge < -0.3 is 14.5 Å². The fourth-order valence-corrected chi connectivity index (χ4v) is 2.23. The number of para-hydroxylation sites is 2. The van der Waals surface area contributed by atoms with Gasteiger partial charge in [0.15, 0.2) is 0 Å². The van der Waals surface area contributed by atoms with Crippen molar-refractivity contribution in [3.05, 3.63) is 60.6 Å². The first-order valence-electron chi connectivity index (χ1n) is 7.14. The van der Waals surface area contributed by atoms with Crippen LogP contribution in [-0.4, -0.2) is 15.5 Å². The third kappa shape index (κ3) is 3.16. The first-order chi connectivity index (χ1) is 10.2. The summed E-state index contributed by atoms with van der Waals surface area (Å²) in [4.78, 5) is 4.58. The molecule has 0 fully saturated rings. The maximum absolute atomic E-state index is 5.80. The SMILES string of the molecule is CC(C)Oc1ccccc1NCc1cn2ccccc2n1. The Kier molecular flexibility index (Phi) is 3.77. The maximum atomic E-state index is 5.80. The van der Waals surface area contributed by atoms with Crippen molar-refractivity contribution in [1.29, 1.82) is 0 Å². The first kappa shape index (κ1) is 13.5. The molecule has 0 atom stereocenters. The zero-order valence-corrected chi connectivity index (χ0v) is 12.3. The van der Waals surface area contributed by atoms with Crippen LogP contribution in [0.5, 0.6) is 5.75 Å². The predicted molar refractivity (Wildman–Crippen MR) is 84.7 cm³/mol. The van der Waals surface area contributed by atoms with Crippen LogP contribution < -0.4 is 10.1 Å². The zero-order chi connectivity index (χ0) is 14.7. The molecule has 0 radical (unpaired) electrons. The van der Waals surface area contributed by atoms with Crippen LogP contribution in [0.2, 0.25) is 0 Å². The number of nitrogens with zero attached hydrogens (tertiary/aromatic N) is 2. The standard InChI is InChI=1S/C17H19N3O/c1-13(2)21-16-8-4-3-7-15(16)18-11-14-12-20-10-6-5-9-17(20)19-14/h3-10,12-13,18H,11H2,1-2H3. The zero-order valence-electron chi connectivity index (χ0n) is 12.3. The molecule has 0 aliphatic heterocycles. The van der Waals surface area contributed by atoms with Crippen LogP contribution in [0.15, 0.2) is 54.9 Å². The summed E-state index contributed by atoms with van der Waals surface area (Å²) in [6.07, 6.45) is 4.19. The summed E-state index contributed by atoms with van der Waals surface area (Å²) in [5, 5.41) is 3.40. The lowest BCUT2D eigenvalue weighted by Crippen LogP contribution is -2.08. The Labute approximate surface area is 124 Å². The van der Waals surface area contributed by atoms with Gasteiger partial charge in [0.05, 0.1) is 24.0 Å². The number of pyridine rings is 1. The van der Waals surface area contributed by atoms with Crippen molar-refractivity contribution in [2.24, 2.45) is 0 Å². The molecule has 4 nitrogen and oxygen atoms in total. The number of anilines is 1. The lowest BCUT2D eigenvalue weighted by Gasteiger charge is -2.14. The van der Waals surface area contributed by atoms with E-state index in [1.165, 1.54) is 0 Å². The van der Waals surface area contributed by atoms with Gasteiger partial charge in [0.25, 0.3) is 0 Å². The van der Waals surface area contributed by atoms with Crippen molar-refractivity contribution < 1.29 is 4.74 Å². The third-order valence-corrected chi connectivity index (χ3v) is 3.12. The van der Waals surface area contributed by atoms with E-state index >= 15 is 0 Å².